The number of nitrogens with zero attached hydrogens (tertiary/aromatic N) is 1. The summed E-state index contributed by atoms with van der Waals surface area (Å²) in [6, 6.07) is 0. The zero-order chi connectivity index (χ0) is 11.8. The maximum atomic E-state index is 12.7. The molecule has 1 heterocycles. The van der Waals surface area contributed by atoms with Gasteiger partial charge in [0.1, 0.15) is 0 Å². The van der Waals surface area contributed by atoms with Crippen LogP contribution >= 0.6 is 0 Å². The first-order chi connectivity index (χ1) is 6.75. The lowest BCUT2D eigenvalue weighted by atomic mass is 10.2. The molecule has 84 valence electrons. The molecule has 1 aromatic heterocycles. The molecule has 9 heteroatoms. The van der Waals surface area contributed by atoms with Crippen molar-refractivity contribution in [3.05, 3.63) is 17.6 Å². The topological polar surface area (TPSA) is 93.3 Å². The number of hydrogen-bond donors (Lipinski definition) is 2. The predicted molar refractivity (Wildman–Crippen MR) is 42.2 cm³/mol. The first-order valence-electron chi connectivity index (χ1n) is 3.43. The van der Waals surface area contributed by atoms with Gasteiger partial charge in [-0.1, -0.05) is 0 Å². The van der Waals surface area contributed by atoms with Crippen LogP contribution in [0.1, 0.15) is 12.0 Å². The third-order valence-electron chi connectivity index (χ3n) is 1.50. The average Bonchev–Trinajstić information content (AvgIpc) is 2.00. The van der Waals surface area contributed by atoms with E-state index in [-0.39, 0.29) is 6.20 Å². The molecule has 1 rings (SSSR count). The van der Waals surface area contributed by atoms with E-state index in [0.29, 0.717) is 0 Å². The molecule has 0 bridgehead atoms. The van der Waals surface area contributed by atoms with Gasteiger partial charge in [0.15, 0.2) is 11.6 Å². The maximum absolute atomic E-state index is 12.7. The normalized spacial score (nSPS) is 12.1. The Labute approximate surface area is 82.4 Å². The van der Waals surface area contributed by atoms with Gasteiger partial charge in [-0.3, -0.25) is 0 Å². The molecule has 0 saturated heterocycles. The van der Waals surface area contributed by atoms with Crippen LogP contribution in [0, 0.1) is 5.82 Å². The molecule has 0 amide bonds. The van der Waals surface area contributed by atoms with E-state index in [1.54, 1.807) is 0 Å². The van der Waals surface area contributed by atoms with Crippen molar-refractivity contribution in [1.29, 1.82) is 0 Å². The van der Waals surface area contributed by atoms with Crippen LogP contribution in [0.3, 0.4) is 0 Å². The van der Waals surface area contributed by atoms with E-state index in [2.05, 4.69) is 10.1 Å². The molecule has 0 aromatic carbocycles. The van der Waals surface area contributed by atoms with Gasteiger partial charge in [0.25, 0.3) is 16.4 Å². The van der Waals surface area contributed by atoms with Gasteiger partial charge in [0.2, 0.25) is 5.03 Å². The monoisotopic (exact) mass is 242 g/mol. The lowest BCUT2D eigenvalue weighted by Gasteiger charge is -2.07. The van der Waals surface area contributed by atoms with Crippen LogP contribution in [0.25, 0.3) is 0 Å². The van der Waals surface area contributed by atoms with Crippen molar-refractivity contribution >= 4 is 10.0 Å². The molecular formula is C6H5F3N2O3S. The minimum Gasteiger partial charge on any atom is -0.504 e. The van der Waals surface area contributed by atoms with Crippen molar-refractivity contribution in [2.45, 2.75) is 11.5 Å². The molecule has 3 N–H and O–H groups in total. The first kappa shape index (κ1) is 11.7. The minimum atomic E-state index is -4.47. The fourth-order valence-corrected chi connectivity index (χ4v) is 1.47. The number of pyridine rings is 1. The van der Waals surface area contributed by atoms with Gasteiger partial charge in [-0.05, 0) is 0 Å². The van der Waals surface area contributed by atoms with E-state index in [1.165, 1.54) is 0 Å². The van der Waals surface area contributed by atoms with E-state index in [0.717, 1.165) is 0 Å². The average molecular weight is 242 g/mol. The zero-order valence-corrected chi connectivity index (χ0v) is 7.80. The molecule has 0 aliphatic heterocycles. The van der Waals surface area contributed by atoms with Crippen molar-refractivity contribution < 1.29 is 26.7 Å². The van der Waals surface area contributed by atoms with Crippen molar-refractivity contribution in [3.8, 4) is 5.75 Å². The van der Waals surface area contributed by atoms with Crippen LogP contribution in [0.5, 0.6) is 5.75 Å². The third kappa shape index (κ3) is 2.18. The Balaban J connectivity index is 3.56. The summed E-state index contributed by atoms with van der Waals surface area (Å²) in [4.78, 5) is 2.92. The molecule has 5 nitrogen and oxygen atoms in total. The Kier molecular flexibility index (Phi) is 2.86. The minimum absolute atomic E-state index is 0.251. The number of alkyl halides is 2. The summed E-state index contributed by atoms with van der Waals surface area (Å²) in [5, 5.41) is 12.4. The number of hydrogen-bond acceptors (Lipinski definition) is 4. The van der Waals surface area contributed by atoms with E-state index < -0.39 is 38.6 Å². The lowest BCUT2D eigenvalue weighted by molar-refractivity contribution is 0.141. The largest absolute Gasteiger partial charge is 0.504 e. The summed E-state index contributed by atoms with van der Waals surface area (Å²) in [6.45, 7) is 0. The summed E-state index contributed by atoms with van der Waals surface area (Å²) in [5.41, 5.74) is -1.44. The molecule has 15 heavy (non-hydrogen) atoms. The SMILES string of the molecule is NS(=O)(=O)c1ncc(F)c(C(F)F)c1O. The van der Waals surface area contributed by atoms with Crippen LogP contribution in [0.4, 0.5) is 13.2 Å². The zero-order valence-electron chi connectivity index (χ0n) is 6.99. The van der Waals surface area contributed by atoms with Crippen LogP contribution in [-0.4, -0.2) is 18.5 Å². The van der Waals surface area contributed by atoms with Crippen LogP contribution < -0.4 is 5.14 Å². The molecular weight excluding hydrogens is 237 g/mol. The van der Waals surface area contributed by atoms with E-state index in [1.807, 2.05) is 0 Å². The number of nitrogens with two attached hydrogens (primary N) is 1. The molecule has 0 aliphatic rings. The summed E-state index contributed by atoms with van der Waals surface area (Å²) >= 11 is 0. The predicted octanol–water partition coefficient (Wildman–Crippen LogP) is 0.511. The Morgan fingerprint density at radius 2 is 2.00 bits per heavy atom. The van der Waals surface area contributed by atoms with Crippen molar-refractivity contribution in [3.63, 3.8) is 0 Å². The molecule has 0 saturated carbocycles. The highest BCUT2D eigenvalue weighted by molar-refractivity contribution is 7.89. The summed E-state index contributed by atoms with van der Waals surface area (Å²) < 4.78 is 58.6. The summed E-state index contributed by atoms with van der Waals surface area (Å²) in [7, 11) is -4.47. The smallest absolute Gasteiger partial charge is 0.270 e. The second kappa shape index (κ2) is 3.66. The third-order valence-corrected chi connectivity index (χ3v) is 2.34. The van der Waals surface area contributed by atoms with E-state index >= 15 is 0 Å². The first-order valence-corrected chi connectivity index (χ1v) is 4.98. The molecule has 0 unspecified atom stereocenters. The number of aromatic hydroxyl groups is 1. The highest BCUT2D eigenvalue weighted by Gasteiger charge is 2.26. The molecule has 0 spiro atoms. The maximum Gasteiger partial charge on any atom is 0.270 e. The van der Waals surface area contributed by atoms with Crippen LogP contribution in [0.2, 0.25) is 0 Å². The Bertz CT molecular complexity index is 489. The second-order valence-electron chi connectivity index (χ2n) is 2.52. The van der Waals surface area contributed by atoms with Crippen molar-refractivity contribution in [2.24, 2.45) is 5.14 Å². The lowest BCUT2D eigenvalue weighted by Crippen LogP contribution is -2.15. The van der Waals surface area contributed by atoms with Gasteiger partial charge in [-0.2, -0.15) is 0 Å². The number of sulfonamides is 1. The van der Waals surface area contributed by atoms with Gasteiger partial charge in [0.05, 0.1) is 11.8 Å². The molecule has 0 radical (unpaired) electrons. The van der Waals surface area contributed by atoms with E-state index in [4.69, 9.17) is 5.11 Å². The van der Waals surface area contributed by atoms with Gasteiger partial charge < -0.3 is 5.11 Å². The standard InChI is InChI=1S/C6H5F3N2O3S/c7-2-1-11-6(15(10,13)14)4(12)3(2)5(8)9/h1,5,12H,(H2,10,13,14). The van der Waals surface area contributed by atoms with Gasteiger partial charge in [0, 0.05) is 0 Å². The molecule has 0 aliphatic carbocycles. The van der Waals surface area contributed by atoms with Crippen molar-refractivity contribution in [1.82, 2.24) is 4.98 Å². The Hall–Kier alpha value is -1.35. The summed E-state index contributed by atoms with van der Waals surface area (Å²) in [6.07, 6.45) is -3.12. The number of halogens is 3. The molecule has 0 atom stereocenters. The number of aromatic nitrogens is 1. The highest BCUT2D eigenvalue weighted by Crippen LogP contribution is 2.33. The van der Waals surface area contributed by atoms with Gasteiger partial charge in [-0.25, -0.2) is 31.7 Å². The molecule has 0 fully saturated rings. The second-order valence-corrected chi connectivity index (χ2v) is 4.00. The summed E-state index contributed by atoms with van der Waals surface area (Å²) in [5.74, 6) is -2.97. The number of primary sulfonamides is 1. The van der Waals surface area contributed by atoms with Crippen LogP contribution in [0.15, 0.2) is 11.2 Å². The fourth-order valence-electron chi connectivity index (χ4n) is 0.890. The van der Waals surface area contributed by atoms with Crippen LogP contribution in [-0.2, 0) is 10.0 Å². The van der Waals surface area contributed by atoms with Gasteiger partial charge >= 0.3 is 0 Å². The highest BCUT2D eigenvalue weighted by atomic mass is 32.2. The van der Waals surface area contributed by atoms with Crippen molar-refractivity contribution in [2.75, 3.05) is 0 Å². The fraction of sp³-hybridized carbons (Fsp3) is 0.167. The van der Waals surface area contributed by atoms with Gasteiger partial charge in [-0.15, -0.1) is 0 Å². The number of rotatable bonds is 2. The van der Waals surface area contributed by atoms with E-state index in [9.17, 15) is 21.6 Å². The Morgan fingerprint density at radius 1 is 1.47 bits per heavy atom. The Morgan fingerprint density at radius 3 is 2.40 bits per heavy atom. The quantitative estimate of drug-likeness (QED) is 0.790. The molecule has 1 aromatic rings.